The Morgan fingerprint density at radius 1 is 1.17 bits per heavy atom. The number of carbonyl (C=O) groups is 1. The maximum atomic E-state index is 13.3. The van der Waals surface area contributed by atoms with Crippen molar-refractivity contribution >= 4 is 27.4 Å². The number of Topliss-reactive ketones (excluding diaryl/α,β-unsaturated/α-hetero) is 1. The Labute approximate surface area is 175 Å². The molecule has 1 heterocycles. The van der Waals surface area contributed by atoms with Gasteiger partial charge in [-0.05, 0) is 42.3 Å². The molecular weight excluding hydrogens is 439 g/mol. The molecule has 0 spiro atoms. The third-order valence-electron chi connectivity index (χ3n) is 4.51. The Morgan fingerprint density at radius 3 is 2.55 bits per heavy atom. The predicted molar refractivity (Wildman–Crippen MR) is 113 cm³/mol. The van der Waals surface area contributed by atoms with Gasteiger partial charge in [0.25, 0.3) is 5.69 Å². The minimum Gasteiger partial charge on any atom is -0.340 e. The summed E-state index contributed by atoms with van der Waals surface area (Å²) in [6.45, 7) is 3.80. The van der Waals surface area contributed by atoms with E-state index in [-0.39, 0.29) is 30.3 Å². The van der Waals surface area contributed by atoms with Crippen LogP contribution in [0.15, 0.2) is 71.9 Å². The lowest BCUT2D eigenvalue weighted by Gasteiger charge is -2.09. The zero-order valence-corrected chi connectivity index (χ0v) is 17.1. The molecule has 0 radical (unpaired) electrons. The highest BCUT2D eigenvalue weighted by molar-refractivity contribution is 9.10. The molecule has 7 heteroatoms. The average molecular weight is 457 g/mol. The summed E-state index contributed by atoms with van der Waals surface area (Å²) in [5.41, 5.74) is 2.40. The van der Waals surface area contributed by atoms with Crippen molar-refractivity contribution in [2.24, 2.45) is 0 Å². The molecule has 0 amide bonds. The number of carbonyl (C=O) groups excluding carboxylic acids is 1. The number of halogens is 2. The Kier molecular flexibility index (Phi) is 6.39. The normalized spacial score (nSPS) is 10.7. The average Bonchev–Trinajstić information content (AvgIpc) is 3.10. The molecule has 0 aliphatic carbocycles. The molecule has 3 aromatic rings. The Hall–Kier alpha value is -3.06. The first-order valence-electron chi connectivity index (χ1n) is 8.92. The monoisotopic (exact) mass is 456 g/mol. The fourth-order valence-electron chi connectivity index (χ4n) is 3.08. The molecule has 2 aromatic carbocycles. The van der Waals surface area contributed by atoms with Gasteiger partial charge in [-0.3, -0.25) is 14.9 Å². The molecule has 0 aliphatic rings. The minimum atomic E-state index is -0.439. The van der Waals surface area contributed by atoms with E-state index in [1.54, 1.807) is 47.2 Å². The van der Waals surface area contributed by atoms with Crippen LogP contribution in [-0.2, 0) is 6.54 Å². The topological polar surface area (TPSA) is 65.1 Å². The summed E-state index contributed by atoms with van der Waals surface area (Å²) in [5.74, 6) is -0.434. The summed E-state index contributed by atoms with van der Waals surface area (Å²) < 4.78 is 15.7. The third-order valence-corrected chi connectivity index (χ3v) is 5.01. The summed E-state index contributed by atoms with van der Waals surface area (Å²) in [6.07, 6.45) is 4.26. The Bertz CT molecular complexity index is 1070. The smallest absolute Gasteiger partial charge is 0.274 e. The quantitative estimate of drug-likeness (QED) is 0.176. The zero-order valence-electron chi connectivity index (χ0n) is 15.5. The van der Waals surface area contributed by atoms with Gasteiger partial charge in [0.05, 0.1) is 22.7 Å². The number of aromatic nitrogens is 1. The number of ketones is 1. The molecule has 5 nitrogen and oxygen atoms in total. The fourth-order valence-corrected chi connectivity index (χ4v) is 3.49. The van der Waals surface area contributed by atoms with Crippen LogP contribution in [0.5, 0.6) is 0 Å². The number of hydrogen-bond acceptors (Lipinski definition) is 3. The van der Waals surface area contributed by atoms with Crippen LogP contribution >= 0.6 is 15.9 Å². The first kappa shape index (κ1) is 20.7. The second-order valence-electron chi connectivity index (χ2n) is 6.53. The van der Waals surface area contributed by atoms with Crippen LogP contribution in [0.25, 0.3) is 11.1 Å². The van der Waals surface area contributed by atoms with Crippen molar-refractivity contribution in [3.63, 3.8) is 0 Å². The van der Waals surface area contributed by atoms with Crippen molar-refractivity contribution in [1.82, 2.24) is 4.57 Å². The molecule has 0 N–H and O–H groups in total. The molecular formula is C22H18BrFN2O3. The van der Waals surface area contributed by atoms with Gasteiger partial charge in [0.2, 0.25) is 0 Å². The van der Waals surface area contributed by atoms with Gasteiger partial charge in [-0.2, -0.15) is 0 Å². The number of hydrogen-bond donors (Lipinski definition) is 0. The van der Waals surface area contributed by atoms with E-state index in [1.807, 2.05) is 0 Å². The van der Waals surface area contributed by atoms with Crippen molar-refractivity contribution in [2.75, 3.05) is 0 Å². The van der Waals surface area contributed by atoms with E-state index in [4.69, 9.17) is 0 Å². The summed E-state index contributed by atoms with van der Waals surface area (Å²) in [6, 6.07) is 12.4. The first-order chi connectivity index (χ1) is 13.9. The summed E-state index contributed by atoms with van der Waals surface area (Å²) >= 11 is 3.34. The maximum Gasteiger partial charge on any atom is 0.274 e. The van der Waals surface area contributed by atoms with Gasteiger partial charge in [-0.1, -0.05) is 34.1 Å². The van der Waals surface area contributed by atoms with Crippen molar-refractivity contribution in [1.29, 1.82) is 0 Å². The van der Waals surface area contributed by atoms with E-state index in [1.165, 1.54) is 18.2 Å². The number of rotatable bonds is 8. The molecule has 0 unspecified atom stereocenters. The second-order valence-corrected chi connectivity index (χ2v) is 7.45. The molecule has 0 atom stereocenters. The van der Waals surface area contributed by atoms with Crippen LogP contribution in [0, 0.1) is 15.9 Å². The molecule has 29 heavy (non-hydrogen) atoms. The van der Waals surface area contributed by atoms with E-state index < -0.39 is 4.92 Å². The minimum absolute atomic E-state index is 0.0188. The number of nitro groups is 1. The standard InChI is InChI=1S/C22H18BrFN2O3/c1-2-3-4-22(27)21-12-16(15-5-8-19(24)9-6-15)13-25(21)14-17-11-18(23)7-10-20(17)26(28)29/h2,5-13H,1,3-4,14H2. The van der Waals surface area contributed by atoms with Gasteiger partial charge in [0.15, 0.2) is 5.78 Å². The number of benzene rings is 2. The van der Waals surface area contributed by atoms with Crippen molar-refractivity contribution in [3.05, 3.63) is 99.0 Å². The molecule has 0 saturated carbocycles. The maximum absolute atomic E-state index is 13.3. The lowest BCUT2D eigenvalue weighted by Crippen LogP contribution is -2.10. The van der Waals surface area contributed by atoms with Crippen LogP contribution in [0.3, 0.4) is 0 Å². The highest BCUT2D eigenvalue weighted by Gasteiger charge is 2.19. The van der Waals surface area contributed by atoms with Crippen molar-refractivity contribution in [2.45, 2.75) is 19.4 Å². The number of nitrogens with zero attached hydrogens (tertiary/aromatic N) is 2. The lowest BCUT2D eigenvalue weighted by molar-refractivity contribution is -0.385. The summed E-state index contributed by atoms with van der Waals surface area (Å²) in [5, 5.41) is 11.4. The molecule has 148 valence electrons. The van der Waals surface area contributed by atoms with Gasteiger partial charge in [-0.25, -0.2) is 4.39 Å². The molecule has 3 rings (SSSR count). The fraction of sp³-hybridized carbons (Fsp3) is 0.136. The zero-order chi connectivity index (χ0) is 21.0. The van der Waals surface area contributed by atoms with E-state index >= 15 is 0 Å². The summed E-state index contributed by atoms with van der Waals surface area (Å²) in [4.78, 5) is 23.7. The first-order valence-corrected chi connectivity index (χ1v) is 9.71. The van der Waals surface area contributed by atoms with Crippen LogP contribution in [0.1, 0.15) is 28.9 Å². The van der Waals surface area contributed by atoms with E-state index in [9.17, 15) is 19.3 Å². The Morgan fingerprint density at radius 2 is 1.90 bits per heavy atom. The summed E-state index contributed by atoms with van der Waals surface area (Å²) in [7, 11) is 0. The molecule has 1 aromatic heterocycles. The number of nitro benzene ring substituents is 1. The van der Waals surface area contributed by atoms with Crippen LogP contribution in [0.2, 0.25) is 0 Å². The Balaban J connectivity index is 2.05. The predicted octanol–water partition coefficient (Wildman–Crippen LogP) is 6.16. The number of allylic oxidation sites excluding steroid dienone is 1. The van der Waals surface area contributed by atoms with Crippen molar-refractivity contribution < 1.29 is 14.1 Å². The van der Waals surface area contributed by atoms with E-state index in [2.05, 4.69) is 22.5 Å². The van der Waals surface area contributed by atoms with E-state index in [0.29, 0.717) is 22.2 Å². The molecule has 0 fully saturated rings. The van der Waals surface area contributed by atoms with Crippen LogP contribution in [0.4, 0.5) is 10.1 Å². The van der Waals surface area contributed by atoms with Gasteiger partial charge < -0.3 is 4.57 Å². The van der Waals surface area contributed by atoms with Gasteiger partial charge in [0.1, 0.15) is 5.82 Å². The largest absolute Gasteiger partial charge is 0.340 e. The van der Waals surface area contributed by atoms with E-state index in [0.717, 1.165) is 11.1 Å². The molecule has 0 aliphatic heterocycles. The van der Waals surface area contributed by atoms with Gasteiger partial charge in [-0.15, -0.1) is 6.58 Å². The highest BCUT2D eigenvalue weighted by Crippen LogP contribution is 2.28. The second kappa shape index (κ2) is 8.96. The van der Waals surface area contributed by atoms with Gasteiger partial charge in [0, 0.05) is 28.7 Å². The lowest BCUT2D eigenvalue weighted by atomic mass is 10.1. The van der Waals surface area contributed by atoms with Crippen molar-refractivity contribution in [3.8, 4) is 11.1 Å². The van der Waals surface area contributed by atoms with Crippen LogP contribution in [-0.4, -0.2) is 15.3 Å². The molecule has 0 saturated heterocycles. The molecule has 0 bridgehead atoms. The highest BCUT2D eigenvalue weighted by atomic mass is 79.9. The van der Waals surface area contributed by atoms with Gasteiger partial charge >= 0.3 is 0 Å². The van der Waals surface area contributed by atoms with Crippen LogP contribution < -0.4 is 0 Å². The SMILES string of the molecule is C=CCCC(=O)c1cc(-c2ccc(F)cc2)cn1Cc1cc(Br)ccc1[N+](=O)[O-]. The third kappa shape index (κ3) is 4.86.